The van der Waals surface area contributed by atoms with Crippen molar-refractivity contribution < 1.29 is 38.3 Å². The molecule has 1 saturated heterocycles. The SMILES string of the molecule is CCC[C@H](NC(=O)[C@@H]1[C@H]2CCC[C@H]2CN1C(=O)[C@@H](NC[C@](C=O)(NC(=O)[C@H](NC(=O)OC)C(C)(C)C)C1CCCCC1)C(C)(C)C)C(=O)C(=O)NC1CC1. The molecule has 5 N–H and O–H groups in total. The van der Waals surface area contributed by atoms with Gasteiger partial charge in [0.25, 0.3) is 5.91 Å². The lowest BCUT2D eigenvalue weighted by Gasteiger charge is -2.43. The van der Waals surface area contributed by atoms with Gasteiger partial charge in [0.2, 0.25) is 23.5 Å². The van der Waals surface area contributed by atoms with Crippen LogP contribution in [0, 0.1) is 28.6 Å². The molecule has 0 aromatic carbocycles. The van der Waals surface area contributed by atoms with Gasteiger partial charge < -0.3 is 41.0 Å². The van der Waals surface area contributed by atoms with Crippen LogP contribution in [0.4, 0.5) is 4.79 Å². The van der Waals surface area contributed by atoms with Gasteiger partial charge in [-0.2, -0.15) is 0 Å². The standard InChI is InChI=1S/C40H66N6O8/c1-9-14-28(30(48)34(50)42-26-19-20-26)43-33(49)29-27-18-13-15-24(27)21-46(29)36(52)32(39(5,6)7)41-22-40(23-47,25-16-11-10-12-17-25)45-35(51)31(38(2,3)4)44-37(53)54-8/h23-29,31-32,41H,9-22H2,1-8H3,(H,42,50)(H,43,49)(H,44,53)(H,45,51)/t24-,27-,28-,29-,31-,32+,40+/m0/s1. The average Bonchev–Trinajstić information content (AvgIpc) is 3.68. The molecule has 4 aliphatic rings. The quantitative estimate of drug-likeness (QED) is 0.116. The summed E-state index contributed by atoms with van der Waals surface area (Å²) in [4.78, 5) is 96.2. The Kier molecular flexibility index (Phi) is 14.3. The number of carbonyl (C=O) groups excluding carboxylic acids is 7. The fraction of sp³-hybridized carbons (Fsp3) is 0.825. The molecule has 304 valence electrons. The first kappa shape index (κ1) is 43.2. The van der Waals surface area contributed by atoms with Crippen LogP contribution in [0.1, 0.15) is 126 Å². The smallest absolute Gasteiger partial charge is 0.407 e. The molecule has 0 aromatic heterocycles. The largest absolute Gasteiger partial charge is 0.453 e. The Morgan fingerprint density at radius 1 is 0.833 bits per heavy atom. The minimum Gasteiger partial charge on any atom is -0.453 e. The highest BCUT2D eigenvalue weighted by Crippen LogP contribution is 2.43. The minimum absolute atomic E-state index is 0.00396. The molecule has 14 nitrogen and oxygen atoms in total. The lowest BCUT2D eigenvalue weighted by atomic mass is 9.74. The number of carbonyl (C=O) groups is 7. The molecule has 0 unspecified atom stereocenters. The Balaban J connectivity index is 1.61. The van der Waals surface area contributed by atoms with Gasteiger partial charge in [0, 0.05) is 19.1 Å². The average molecular weight is 759 g/mol. The first-order valence-corrected chi connectivity index (χ1v) is 20.2. The van der Waals surface area contributed by atoms with Gasteiger partial charge in [0.1, 0.15) is 23.9 Å². The van der Waals surface area contributed by atoms with Crippen molar-refractivity contribution in [3.05, 3.63) is 0 Å². The van der Waals surface area contributed by atoms with Gasteiger partial charge in [-0.25, -0.2) is 4.79 Å². The molecule has 3 saturated carbocycles. The summed E-state index contributed by atoms with van der Waals surface area (Å²) >= 11 is 0. The van der Waals surface area contributed by atoms with Crippen molar-refractivity contribution in [3.8, 4) is 0 Å². The number of methoxy groups -OCH3 is 1. The number of hydrogen-bond donors (Lipinski definition) is 5. The van der Waals surface area contributed by atoms with Crippen LogP contribution < -0.4 is 26.6 Å². The zero-order chi connectivity index (χ0) is 40.0. The molecule has 4 fully saturated rings. The van der Waals surface area contributed by atoms with E-state index in [1.807, 2.05) is 48.5 Å². The van der Waals surface area contributed by atoms with Gasteiger partial charge in [-0.15, -0.1) is 0 Å². The monoisotopic (exact) mass is 758 g/mol. The van der Waals surface area contributed by atoms with E-state index < -0.39 is 70.1 Å². The van der Waals surface area contributed by atoms with Gasteiger partial charge in [-0.05, 0) is 73.5 Å². The summed E-state index contributed by atoms with van der Waals surface area (Å²) in [6.07, 6.45) is 9.33. The molecule has 1 aliphatic heterocycles. The third kappa shape index (κ3) is 10.4. The second-order valence-electron chi connectivity index (χ2n) is 18.3. The molecule has 14 heteroatoms. The number of likely N-dealkylation sites (tertiary alicyclic amines) is 1. The molecule has 0 spiro atoms. The number of nitrogens with one attached hydrogen (secondary N) is 5. The highest BCUT2D eigenvalue weighted by Gasteiger charge is 2.53. The number of amides is 5. The number of alkyl carbamates (subject to hydrolysis) is 1. The maximum atomic E-state index is 14.8. The Morgan fingerprint density at radius 2 is 1.48 bits per heavy atom. The second-order valence-corrected chi connectivity index (χ2v) is 18.3. The minimum atomic E-state index is -1.39. The van der Waals surface area contributed by atoms with Crippen molar-refractivity contribution in [1.29, 1.82) is 0 Å². The van der Waals surface area contributed by atoms with Gasteiger partial charge >= 0.3 is 6.09 Å². The Labute approximate surface area is 321 Å². The van der Waals surface area contributed by atoms with Crippen molar-refractivity contribution in [2.75, 3.05) is 20.2 Å². The number of ether oxygens (including phenoxy) is 1. The van der Waals surface area contributed by atoms with Crippen molar-refractivity contribution in [2.45, 2.75) is 161 Å². The molecule has 1 heterocycles. The highest BCUT2D eigenvalue weighted by molar-refractivity contribution is 6.38. The maximum Gasteiger partial charge on any atom is 0.407 e. The van der Waals surface area contributed by atoms with Crippen molar-refractivity contribution in [3.63, 3.8) is 0 Å². The number of rotatable bonds is 16. The lowest BCUT2D eigenvalue weighted by Crippen LogP contribution is -2.68. The van der Waals surface area contributed by atoms with Crippen LogP contribution in [0.15, 0.2) is 0 Å². The van der Waals surface area contributed by atoms with Crippen LogP contribution >= 0.6 is 0 Å². The number of nitrogens with zero attached hydrogens (tertiary/aromatic N) is 1. The fourth-order valence-corrected chi connectivity index (χ4v) is 8.76. The van der Waals surface area contributed by atoms with Crippen molar-refractivity contribution in [2.24, 2.45) is 28.6 Å². The number of Topliss-reactive ketones (excluding diaryl/α,β-unsaturated/α-hetero) is 1. The van der Waals surface area contributed by atoms with E-state index in [2.05, 4.69) is 26.6 Å². The number of aldehydes is 1. The third-order valence-corrected chi connectivity index (χ3v) is 12.0. The lowest BCUT2D eigenvalue weighted by molar-refractivity contribution is -0.145. The van der Waals surface area contributed by atoms with Crippen LogP contribution in [0.25, 0.3) is 0 Å². The van der Waals surface area contributed by atoms with E-state index in [1.165, 1.54) is 7.11 Å². The molecule has 54 heavy (non-hydrogen) atoms. The summed E-state index contributed by atoms with van der Waals surface area (Å²) in [5.74, 6) is -2.80. The summed E-state index contributed by atoms with van der Waals surface area (Å²) in [5, 5.41) is 14.7. The Hall–Kier alpha value is -3.55. The van der Waals surface area contributed by atoms with E-state index in [4.69, 9.17) is 4.74 Å². The van der Waals surface area contributed by atoms with E-state index in [0.29, 0.717) is 32.2 Å². The molecule has 4 rings (SSSR count). The summed E-state index contributed by atoms with van der Waals surface area (Å²) in [6.45, 7) is 13.4. The molecular weight excluding hydrogens is 692 g/mol. The highest BCUT2D eigenvalue weighted by atomic mass is 16.5. The summed E-state index contributed by atoms with van der Waals surface area (Å²) in [7, 11) is 1.22. The molecule has 7 atom stereocenters. The molecule has 3 aliphatic carbocycles. The van der Waals surface area contributed by atoms with E-state index in [0.717, 1.165) is 57.7 Å². The van der Waals surface area contributed by atoms with Gasteiger partial charge in [0.15, 0.2) is 0 Å². The predicted molar refractivity (Wildman–Crippen MR) is 203 cm³/mol. The first-order valence-electron chi connectivity index (χ1n) is 20.2. The topological polar surface area (TPSA) is 192 Å². The number of hydrogen-bond acceptors (Lipinski definition) is 9. The van der Waals surface area contributed by atoms with Crippen LogP contribution in [0.3, 0.4) is 0 Å². The van der Waals surface area contributed by atoms with Gasteiger partial charge in [-0.3, -0.25) is 24.0 Å². The molecule has 5 amide bonds. The third-order valence-electron chi connectivity index (χ3n) is 12.0. The van der Waals surface area contributed by atoms with E-state index in [1.54, 1.807) is 4.90 Å². The maximum absolute atomic E-state index is 14.8. The predicted octanol–water partition coefficient (Wildman–Crippen LogP) is 3.16. The van der Waals surface area contributed by atoms with Crippen LogP contribution in [-0.2, 0) is 33.5 Å². The number of ketones is 1. The molecular formula is C40H66N6O8. The molecule has 0 bridgehead atoms. The summed E-state index contributed by atoms with van der Waals surface area (Å²) in [5.41, 5.74) is -2.79. The van der Waals surface area contributed by atoms with Crippen LogP contribution in [0.2, 0.25) is 0 Å². The molecule has 0 radical (unpaired) electrons. The Morgan fingerprint density at radius 3 is 2.04 bits per heavy atom. The summed E-state index contributed by atoms with van der Waals surface area (Å²) < 4.78 is 4.80. The normalized spacial score (nSPS) is 24.6. The second kappa shape index (κ2) is 17.9. The Bertz CT molecular complexity index is 1400. The number of fused-ring (bicyclic) bond motifs is 1. The van der Waals surface area contributed by atoms with Crippen LogP contribution in [0.5, 0.6) is 0 Å². The first-order chi connectivity index (χ1) is 25.4. The zero-order valence-electron chi connectivity index (χ0n) is 33.8. The van der Waals surface area contributed by atoms with E-state index in [9.17, 15) is 33.6 Å². The fourth-order valence-electron chi connectivity index (χ4n) is 8.76. The zero-order valence-corrected chi connectivity index (χ0v) is 33.8. The van der Waals surface area contributed by atoms with Crippen molar-refractivity contribution in [1.82, 2.24) is 31.5 Å². The molecule has 0 aromatic rings. The summed E-state index contributed by atoms with van der Waals surface area (Å²) in [6, 6.07) is -3.67. The van der Waals surface area contributed by atoms with E-state index in [-0.39, 0.29) is 36.2 Å². The van der Waals surface area contributed by atoms with E-state index >= 15 is 0 Å². The van der Waals surface area contributed by atoms with Crippen LogP contribution in [-0.4, -0.2) is 103 Å². The van der Waals surface area contributed by atoms with Gasteiger partial charge in [0.05, 0.1) is 19.2 Å². The van der Waals surface area contributed by atoms with Gasteiger partial charge in [-0.1, -0.05) is 80.6 Å². The van der Waals surface area contributed by atoms with Crippen molar-refractivity contribution >= 4 is 41.8 Å².